The van der Waals surface area contributed by atoms with E-state index in [2.05, 4.69) is 5.32 Å². The van der Waals surface area contributed by atoms with Gasteiger partial charge in [0.05, 0.1) is 0 Å². The second-order valence-corrected chi connectivity index (χ2v) is 4.98. The van der Waals surface area contributed by atoms with Gasteiger partial charge in [-0.2, -0.15) is 0 Å². The number of rotatable bonds is 2. The van der Waals surface area contributed by atoms with E-state index in [1.807, 2.05) is 60.7 Å². The van der Waals surface area contributed by atoms with Crippen molar-refractivity contribution < 1.29 is 14.3 Å². The molecule has 2 amide bonds. The number of benzene rings is 2. The number of fused-ring (bicyclic) bond motifs is 1. The molecule has 1 N–H and O–H groups in total. The van der Waals surface area contributed by atoms with E-state index < -0.39 is 23.0 Å². The minimum atomic E-state index is -1.22. The van der Waals surface area contributed by atoms with Gasteiger partial charge >= 0.3 is 0 Å². The van der Waals surface area contributed by atoms with Crippen molar-refractivity contribution >= 4 is 11.8 Å². The predicted octanol–water partition coefficient (Wildman–Crippen LogP) is 1.46. The van der Waals surface area contributed by atoms with Gasteiger partial charge in [0.15, 0.2) is 0 Å². The fraction of sp³-hybridized carbons (Fsp3) is 0.125. The highest BCUT2D eigenvalue weighted by Gasteiger charge is 2.85. The minimum absolute atomic E-state index is 0.391. The van der Waals surface area contributed by atoms with E-state index in [0.717, 1.165) is 0 Å². The Labute approximate surface area is 115 Å². The molecule has 2 aliphatic heterocycles. The van der Waals surface area contributed by atoms with Crippen LogP contribution in [0.4, 0.5) is 0 Å². The normalized spacial score (nSPS) is 30.8. The number of nitrogens with one attached hydrogen (secondary N) is 1. The Hall–Kier alpha value is -2.46. The molecule has 0 aliphatic carbocycles. The highest BCUT2D eigenvalue weighted by molar-refractivity contribution is 6.17. The summed E-state index contributed by atoms with van der Waals surface area (Å²) in [6, 6.07) is 18.3. The van der Waals surface area contributed by atoms with Crippen molar-refractivity contribution in [2.24, 2.45) is 0 Å². The van der Waals surface area contributed by atoms with E-state index in [1.165, 1.54) is 0 Å². The molecule has 2 saturated heterocycles. The van der Waals surface area contributed by atoms with E-state index in [1.54, 1.807) is 0 Å². The van der Waals surface area contributed by atoms with Gasteiger partial charge < -0.3 is 4.74 Å². The number of epoxide rings is 1. The summed E-state index contributed by atoms with van der Waals surface area (Å²) < 4.78 is 5.76. The van der Waals surface area contributed by atoms with Gasteiger partial charge in [0.1, 0.15) is 0 Å². The Morgan fingerprint density at radius 3 is 1.50 bits per heavy atom. The van der Waals surface area contributed by atoms with Gasteiger partial charge in [-0.25, -0.2) is 0 Å². The summed E-state index contributed by atoms with van der Waals surface area (Å²) in [6.45, 7) is 0. The predicted molar refractivity (Wildman–Crippen MR) is 70.5 cm³/mol. The van der Waals surface area contributed by atoms with Crippen LogP contribution in [0.25, 0.3) is 0 Å². The first-order chi connectivity index (χ1) is 9.72. The van der Waals surface area contributed by atoms with Crippen LogP contribution < -0.4 is 5.32 Å². The smallest absolute Gasteiger partial charge is 0.267 e. The zero-order chi connectivity index (χ0) is 13.8. The summed E-state index contributed by atoms with van der Waals surface area (Å²) in [5.41, 5.74) is -1.03. The highest BCUT2D eigenvalue weighted by atomic mass is 16.6. The van der Waals surface area contributed by atoms with Gasteiger partial charge in [-0.1, -0.05) is 60.7 Å². The fourth-order valence-electron chi connectivity index (χ4n) is 3.03. The summed E-state index contributed by atoms with van der Waals surface area (Å²) >= 11 is 0. The summed E-state index contributed by atoms with van der Waals surface area (Å²) in [5, 5.41) is 2.39. The quantitative estimate of drug-likeness (QED) is 0.660. The highest BCUT2D eigenvalue weighted by Crippen LogP contribution is 2.65. The van der Waals surface area contributed by atoms with E-state index in [4.69, 9.17) is 4.74 Å². The lowest BCUT2D eigenvalue weighted by atomic mass is 9.83. The molecule has 2 aromatic carbocycles. The molecule has 4 nitrogen and oxygen atoms in total. The van der Waals surface area contributed by atoms with Gasteiger partial charge in [0.25, 0.3) is 11.8 Å². The molecule has 4 heteroatoms. The van der Waals surface area contributed by atoms with Crippen LogP contribution in [0.1, 0.15) is 11.1 Å². The van der Waals surface area contributed by atoms with Crippen LogP contribution in [0.3, 0.4) is 0 Å². The van der Waals surface area contributed by atoms with Crippen LogP contribution in [0.2, 0.25) is 0 Å². The Kier molecular flexibility index (Phi) is 2.02. The Morgan fingerprint density at radius 2 is 1.10 bits per heavy atom. The number of amides is 2. The van der Waals surface area contributed by atoms with Crippen molar-refractivity contribution in [2.75, 3.05) is 0 Å². The van der Waals surface area contributed by atoms with Gasteiger partial charge in [0, 0.05) is 0 Å². The second kappa shape index (κ2) is 3.55. The molecule has 0 radical (unpaired) electrons. The van der Waals surface area contributed by atoms with Crippen molar-refractivity contribution in [3.8, 4) is 0 Å². The molecule has 4 rings (SSSR count). The number of carbonyl (C=O) groups excluding carboxylic acids is 2. The van der Waals surface area contributed by atoms with Crippen molar-refractivity contribution in [3.05, 3.63) is 71.8 Å². The van der Waals surface area contributed by atoms with Crippen molar-refractivity contribution in [3.63, 3.8) is 0 Å². The van der Waals surface area contributed by atoms with Crippen LogP contribution in [-0.4, -0.2) is 11.8 Å². The molecular formula is C16H11NO3. The van der Waals surface area contributed by atoms with Crippen molar-refractivity contribution in [2.45, 2.75) is 11.2 Å². The number of ether oxygens (including phenoxy) is 1. The van der Waals surface area contributed by atoms with Gasteiger partial charge in [-0.3, -0.25) is 14.9 Å². The summed E-state index contributed by atoms with van der Waals surface area (Å²) in [6.07, 6.45) is 0. The van der Waals surface area contributed by atoms with E-state index in [9.17, 15) is 9.59 Å². The molecule has 0 aromatic heterocycles. The van der Waals surface area contributed by atoms with E-state index >= 15 is 0 Å². The number of hydrogen-bond donors (Lipinski definition) is 1. The zero-order valence-corrected chi connectivity index (χ0v) is 10.5. The standard InChI is InChI=1S/C16H11NO3/c18-13-15(11-7-3-1-4-8-11)16(20-15,14(19)17-13)12-9-5-2-6-10-12/h1-10H,(H,17,18,19). The van der Waals surface area contributed by atoms with E-state index in [-0.39, 0.29) is 0 Å². The lowest BCUT2D eigenvalue weighted by Gasteiger charge is -2.08. The first kappa shape index (κ1) is 11.4. The molecule has 0 bridgehead atoms. The van der Waals surface area contributed by atoms with Crippen LogP contribution in [-0.2, 0) is 25.5 Å². The number of hydrogen-bond acceptors (Lipinski definition) is 3. The molecule has 2 aliphatic rings. The molecule has 20 heavy (non-hydrogen) atoms. The van der Waals surface area contributed by atoms with Gasteiger partial charge in [0.2, 0.25) is 11.2 Å². The van der Waals surface area contributed by atoms with Crippen LogP contribution >= 0.6 is 0 Å². The third-order valence-electron chi connectivity index (χ3n) is 3.99. The molecule has 2 heterocycles. The minimum Gasteiger partial charge on any atom is -0.331 e. The Morgan fingerprint density at radius 1 is 0.700 bits per heavy atom. The third-order valence-corrected chi connectivity index (χ3v) is 3.99. The maximum Gasteiger partial charge on any atom is 0.267 e. The molecule has 2 aromatic rings. The first-order valence-electron chi connectivity index (χ1n) is 6.39. The first-order valence-corrected chi connectivity index (χ1v) is 6.39. The Balaban J connectivity index is 1.93. The number of imide groups is 1. The van der Waals surface area contributed by atoms with E-state index in [0.29, 0.717) is 11.1 Å². The fourth-order valence-corrected chi connectivity index (χ4v) is 3.03. The Bertz CT molecular complexity index is 652. The molecular weight excluding hydrogens is 254 g/mol. The maximum absolute atomic E-state index is 12.3. The summed E-state index contributed by atoms with van der Waals surface area (Å²) in [4.78, 5) is 24.5. The molecule has 2 fully saturated rings. The SMILES string of the molecule is O=C1NC(=O)C2(c3ccccc3)OC12c1ccccc1. The molecule has 0 spiro atoms. The van der Waals surface area contributed by atoms with Crippen LogP contribution in [0, 0.1) is 0 Å². The van der Waals surface area contributed by atoms with Crippen LogP contribution in [0.15, 0.2) is 60.7 Å². The average molecular weight is 265 g/mol. The lowest BCUT2D eigenvalue weighted by Crippen LogP contribution is -2.31. The summed E-state index contributed by atoms with van der Waals surface area (Å²) in [7, 11) is 0. The summed E-state index contributed by atoms with van der Waals surface area (Å²) in [5.74, 6) is -0.782. The van der Waals surface area contributed by atoms with Crippen molar-refractivity contribution in [1.82, 2.24) is 5.32 Å². The molecule has 0 saturated carbocycles. The molecule has 2 atom stereocenters. The zero-order valence-electron chi connectivity index (χ0n) is 10.5. The second-order valence-electron chi connectivity index (χ2n) is 4.98. The number of morpholine rings is 1. The van der Waals surface area contributed by atoms with Gasteiger partial charge in [-0.05, 0) is 11.1 Å². The molecule has 2 unspecified atom stereocenters. The lowest BCUT2D eigenvalue weighted by molar-refractivity contribution is -0.134. The van der Waals surface area contributed by atoms with Crippen LogP contribution in [0.5, 0.6) is 0 Å². The van der Waals surface area contributed by atoms with Gasteiger partial charge in [-0.15, -0.1) is 0 Å². The topological polar surface area (TPSA) is 58.7 Å². The molecule has 98 valence electrons. The maximum atomic E-state index is 12.3. The largest absolute Gasteiger partial charge is 0.331 e. The third kappa shape index (κ3) is 1.10. The number of carbonyl (C=O) groups is 2. The average Bonchev–Trinajstić information content (AvgIpc) is 3.16. The van der Waals surface area contributed by atoms with Crippen molar-refractivity contribution in [1.29, 1.82) is 0 Å². The monoisotopic (exact) mass is 265 g/mol.